The van der Waals surface area contributed by atoms with Crippen LogP contribution in [0, 0.1) is 0 Å². The summed E-state index contributed by atoms with van der Waals surface area (Å²) in [5, 5.41) is 8.64. The number of nitrogens with zero attached hydrogens (tertiary/aromatic N) is 5. The van der Waals surface area contributed by atoms with Crippen LogP contribution >= 0.6 is 0 Å². The van der Waals surface area contributed by atoms with Crippen LogP contribution in [0.3, 0.4) is 0 Å². The van der Waals surface area contributed by atoms with Gasteiger partial charge in [0.25, 0.3) is 11.1 Å². The maximum atomic E-state index is 12.6. The highest BCUT2D eigenvalue weighted by Gasteiger charge is 2.28. The smallest absolute Gasteiger partial charge is 0.267 e. The average Bonchev–Trinajstić information content (AvgIpc) is 3.58. The molecule has 3 heterocycles. The number of aromatic nitrogens is 5. The van der Waals surface area contributed by atoms with Crippen LogP contribution in [0.25, 0.3) is 10.9 Å². The number of anilines is 1. The van der Waals surface area contributed by atoms with Crippen LogP contribution in [0.5, 0.6) is 0 Å². The fourth-order valence-electron chi connectivity index (χ4n) is 4.20. The SMILES string of the molecule is Cn1c(NC2CCC(n3nc(C4CC4)ccc3=O)CC2)nc2cnccc2c1=O. The van der Waals surface area contributed by atoms with E-state index in [1.54, 1.807) is 40.8 Å². The van der Waals surface area contributed by atoms with E-state index in [0.717, 1.165) is 31.4 Å². The molecule has 5 rings (SSSR count). The lowest BCUT2D eigenvalue weighted by atomic mass is 9.91. The Balaban J connectivity index is 1.31. The normalized spacial score (nSPS) is 22.0. The number of nitrogens with one attached hydrogen (secondary N) is 1. The van der Waals surface area contributed by atoms with Gasteiger partial charge in [-0.25, -0.2) is 9.67 Å². The summed E-state index contributed by atoms with van der Waals surface area (Å²) in [6, 6.07) is 5.58. The molecule has 0 saturated heterocycles. The zero-order chi connectivity index (χ0) is 20.0. The van der Waals surface area contributed by atoms with Crippen LogP contribution in [0.2, 0.25) is 0 Å². The van der Waals surface area contributed by atoms with Crippen molar-refractivity contribution < 1.29 is 0 Å². The predicted molar refractivity (Wildman–Crippen MR) is 110 cm³/mol. The van der Waals surface area contributed by atoms with Crippen molar-refractivity contribution in [3.05, 3.63) is 57.0 Å². The van der Waals surface area contributed by atoms with Crippen LogP contribution in [0.1, 0.15) is 56.2 Å². The second kappa shape index (κ2) is 7.09. The molecule has 0 unspecified atom stereocenters. The van der Waals surface area contributed by atoms with Gasteiger partial charge in [0.15, 0.2) is 0 Å². The lowest BCUT2D eigenvalue weighted by Crippen LogP contribution is -2.35. The van der Waals surface area contributed by atoms with Crippen molar-refractivity contribution in [2.24, 2.45) is 7.05 Å². The minimum Gasteiger partial charge on any atom is -0.353 e. The van der Waals surface area contributed by atoms with Crippen molar-refractivity contribution in [1.82, 2.24) is 24.3 Å². The van der Waals surface area contributed by atoms with Crippen molar-refractivity contribution >= 4 is 16.9 Å². The third-order valence-electron chi connectivity index (χ3n) is 6.10. The summed E-state index contributed by atoms with van der Waals surface area (Å²) in [5.74, 6) is 1.10. The molecule has 2 aliphatic carbocycles. The Kier molecular flexibility index (Phi) is 4.41. The Morgan fingerprint density at radius 2 is 1.83 bits per heavy atom. The second-order valence-electron chi connectivity index (χ2n) is 8.16. The number of fused-ring (bicyclic) bond motifs is 1. The van der Waals surface area contributed by atoms with Crippen molar-refractivity contribution in [2.45, 2.75) is 56.5 Å². The third kappa shape index (κ3) is 3.43. The molecule has 2 aliphatic rings. The lowest BCUT2D eigenvalue weighted by molar-refractivity contribution is 0.301. The minimum absolute atomic E-state index is 0.0168. The van der Waals surface area contributed by atoms with Gasteiger partial charge in [-0.1, -0.05) is 0 Å². The van der Waals surface area contributed by atoms with E-state index >= 15 is 0 Å². The molecule has 3 aromatic rings. The van der Waals surface area contributed by atoms with E-state index in [1.807, 2.05) is 6.07 Å². The van der Waals surface area contributed by atoms with E-state index in [2.05, 4.69) is 20.4 Å². The van der Waals surface area contributed by atoms with Gasteiger partial charge in [0.05, 0.1) is 28.8 Å². The summed E-state index contributed by atoms with van der Waals surface area (Å²) in [6.07, 6.45) is 9.12. The van der Waals surface area contributed by atoms with E-state index in [4.69, 9.17) is 0 Å². The Morgan fingerprint density at radius 1 is 1.03 bits per heavy atom. The Morgan fingerprint density at radius 3 is 2.59 bits per heavy atom. The van der Waals surface area contributed by atoms with Gasteiger partial charge in [0, 0.05) is 31.3 Å². The average molecular weight is 392 g/mol. The largest absolute Gasteiger partial charge is 0.353 e. The van der Waals surface area contributed by atoms with Gasteiger partial charge in [-0.05, 0) is 50.7 Å². The van der Waals surface area contributed by atoms with Gasteiger partial charge >= 0.3 is 0 Å². The van der Waals surface area contributed by atoms with Gasteiger partial charge in [0.1, 0.15) is 0 Å². The van der Waals surface area contributed by atoms with Gasteiger partial charge in [0.2, 0.25) is 5.95 Å². The number of hydrogen-bond donors (Lipinski definition) is 1. The molecule has 8 heteroatoms. The summed E-state index contributed by atoms with van der Waals surface area (Å²) >= 11 is 0. The van der Waals surface area contributed by atoms with Crippen molar-refractivity contribution in [2.75, 3.05) is 5.32 Å². The van der Waals surface area contributed by atoms with E-state index in [-0.39, 0.29) is 23.2 Å². The summed E-state index contributed by atoms with van der Waals surface area (Å²) in [4.78, 5) is 33.5. The molecule has 29 heavy (non-hydrogen) atoms. The van der Waals surface area contributed by atoms with Crippen molar-refractivity contribution in [3.63, 3.8) is 0 Å². The summed E-state index contributed by atoms with van der Waals surface area (Å²) in [5.41, 5.74) is 1.55. The fraction of sp³-hybridized carbons (Fsp3) is 0.476. The Labute approximate surface area is 167 Å². The molecule has 0 bridgehead atoms. The standard InChI is InChI=1S/C21H24N6O2/c1-26-20(29)16-10-11-22-12-18(16)24-21(26)23-14-4-6-15(7-5-14)27-19(28)9-8-17(25-27)13-2-3-13/h8-15H,2-7H2,1H3,(H,23,24). The first kappa shape index (κ1) is 18.0. The van der Waals surface area contributed by atoms with Crippen LogP contribution in [-0.4, -0.2) is 30.4 Å². The highest BCUT2D eigenvalue weighted by molar-refractivity contribution is 5.77. The molecule has 0 amide bonds. The summed E-state index contributed by atoms with van der Waals surface area (Å²) in [7, 11) is 1.73. The maximum Gasteiger partial charge on any atom is 0.267 e. The highest BCUT2D eigenvalue weighted by atomic mass is 16.1. The topological polar surface area (TPSA) is 94.7 Å². The summed E-state index contributed by atoms with van der Waals surface area (Å²) < 4.78 is 3.25. The molecular weight excluding hydrogens is 368 g/mol. The first-order valence-corrected chi connectivity index (χ1v) is 10.3. The van der Waals surface area contributed by atoms with Gasteiger partial charge < -0.3 is 5.32 Å². The molecule has 0 aliphatic heterocycles. The fourth-order valence-corrected chi connectivity index (χ4v) is 4.20. The van der Waals surface area contributed by atoms with Crippen molar-refractivity contribution in [1.29, 1.82) is 0 Å². The molecule has 0 radical (unpaired) electrons. The lowest BCUT2D eigenvalue weighted by Gasteiger charge is -2.30. The Hall–Kier alpha value is -3.03. The third-order valence-corrected chi connectivity index (χ3v) is 6.10. The Bertz CT molecular complexity index is 1170. The van der Waals surface area contributed by atoms with Crippen molar-refractivity contribution in [3.8, 4) is 0 Å². The molecular formula is C21H24N6O2. The molecule has 150 valence electrons. The van der Waals surface area contributed by atoms with E-state index in [1.165, 1.54) is 12.8 Å². The molecule has 2 fully saturated rings. The van der Waals surface area contributed by atoms with Gasteiger partial charge in [-0.2, -0.15) is 5.10 Å². The van der Waals surface area contributed by atoms with Crippen LogP contribution < -0.4 is 16.4 Å². The van der Waals surface area contributed by atoms with Gasteiger partial charge in [-0.3, -0.25) is 19.1 Å². The molecule has 8 nitrogen and oxygen atoms in total. The predicted octanol–water partition coefficient (Wildman–Crippen LogP) is 2.36. The molecule has 3 aromatic heterocycles. The van der Waals surface area contributed by atoms with E-state index in [0.29, 0.717) is 22.8 Å². The molecule has 0 aromatic carbocycles. The van der Waals surface area contributed by atoms with E-state index < -0.39 is 0 Å². The molecule has 0 atom stereocenters. The zero-order valence-corrected chi connectivity index (χ0v) is 16.4. The van der Waals surface area contributed by atoms with E-state index in [9.17, 15) is 9.59 Å². The minimum atomic E-state index is -0.0822. The number of rotatable bonds is 4. The zero-order valence-electron chi connectivity index (χ0n) is 16.4. The number of hydrogen-bond acceptors (Lipinski definition) is 6. The highest BCUT2D eigenvalue weighted by Crippen LogP contribution is 2.38. The molecule has 2 saturated carbocycles. The second-order valence-corrected chi connectivity index (χ2v) is 8.16. The first-order valence-electron chi connectivity index (χ1n) is 10.3. The quantitative estimate of drug-likeness (QED) is 0.732. The summed E-state index contributed by atoms with van der Waals surface area (Å²) in [6.45, 7) is 0. The molecule has 0 spiro atoms. The molecule has 1 N–H and O–H groups in total. The van der Waals surface area contributed by atoms with Gasteiger partial charge in [-0.15, -0.1) is 0 Å². The van der Waals surface area contributed by atoms with Crippen LogP contribution in [0.15, 0.2) is 40.2 Å². The number of pyridine rings is 1. The van der Waals surface area contributed by atoms with Crippen LogP contribution in [0.4, 0.5) is 5.95 Å². The first-order chi connectivity index (χ1) is 14.1. The van der Waals surface area contributed by atoms with Crippen LogP contribution in [-0.2, 0) is 7.05 Å². The maximum absolute atomic E-state index is 12.6. The monoisotopic (exact) mass is 392 g/mol.